The van der Waals surface area contributed by atoms with Gasteiger partial charge in [0.25, 0.3) is 0 Å². The third-order valence-electron chi connectivity index (χ3n) is 1.36. The van der Waals surface area contributed by atoms with Gasteiger partial charge in [0.1, 0.15) is 0 Å². The number of aliphatic carboxylic acids is 2. The van der Waals surface area contributed by atoms with Crippen LogP contribution in [0.4, 0.5) is 0 Å². The maximum absolute atomic E-state index is 10.0. The minimum absolute atomic E-state index is 0. The Morgan fingerprint density at radius 3 is 1.57 bits per heavy atom. The van der Waals surface area contributed by atoms with E-state index in [0.29, 0.717) is 26.1 Å². The van der Waals surface area contributed by atoms with E-state index >= 15 is 0 Å². The number of rotatable bonds is 8. The molecule has 0 rings (SSSR count). The number of carbonyl (C=O) groups is 2. The van der Waals surface area contributed by atoms with E-state index in [4.69, 9.17) is 14.9 Å². The van der Waals surface area contributed by atoms with Gasteiger partial charge in [-0.25, -0.2) is 0 Å². The molecule has 0 fully saturated rings. The molecule has 0 spiro atoms. The van der Waals surface area contributed by atoms with Crippen molar-refractivity contribution in [3.05, 3.63) is 0 Å². The Labute approximate surface area is 105 Å². The van der Waals surface area contributed by atoms with E-state index in [1.807, 2.05) is 0 Å². The normalized spacial score (nSPS) is 9.14. The molecule has 5 nitrogen and oxygen atoms in total. The predicted molar refractivity (Wildman–Crippen MR) is 51.7 cm³/mol. The van der Waals surface area contributed by atoms with E-state index in [2.05, 4.69) is 0 Å². The minimum atomic E-state index is -0.839. The monoisotopic (exact) mass is 214 g/mol. The molecule has 0 radical (unpaired) electrons. The van der Waals surface area contributed by atoms with Gasteiger partial charge in [-0.3, -0.25) is 9.59 Å². The Balaban J connectivity index is 0. The van der Waals surface area contributed by atoms with Crippen LogP contribution < -0.4 is 0 Å². The van der Waals surface area contributed by atoms with Crippen LogP contribution in [0.1, 0.15) is 25.7 Å². The van der Waals surface area contributed by atoms with Crippen LogP contribution in [0, 0.1) is 0 Å². The molecule has 0 aliphatic heterocycles. The van der Waals surface area contributed by atoms with Crippen LogP contribution in [0.3, 0.4) is 0 Å². The molecule has 0 aliphatic rings. The van der Waals surface area contributed by atoms with Crippen LogP contribution in [0.15, 0.2) is 0 Å². The van der Waals surface area contributed by atoms with Gasteiger partial charge in [0.15, 0.2) is 0 Å². The molecule has 0 aliphatic carbocycles. The first kappa shape index (κ1) is 16.3. The van der Waals surface area contributed by atoms with Gasteiger partial charge in [-0.1, -0.05) is 0 Å². The van der Waals surface area contributed by atoms with E-state index in [-0.39, 0.29) is 42.4 Å². The van der Waals surface area contributed by atoms with Crippen molar-refractivity contribution in [2.75, 3.05) is 13.2 Å². The third-order valence-corrected chi connectivity index (χ3v) is 1.36. The molecular weight excluding hydrogens is 199 g/mol. The molecule has 0 unspecified atom stereocenters. The maximum atomic E-state index is 10.0. The topological polar surface area (TPSA) is 83.8 Å². The standard InChI is InChI=1S/C8H14O5.Na.H/c9-7(10)3-1-5-13-6-2-4-8(11)12;;/h1-6H2,(H,9,10)(H,11,12);;. The molecular formula is C8H15NaO5. The summed E-state index contributed by atoms with van der Waals surface area (Å²) in [5, 5.41) is 16.5. The van der Waals surface area contributed by atoms with Gasteiger partial charge in [0.2, 0.25) is 0 Å². The Morgan fingerprint density at radius 1 is 0.929 bits per heavy atom. The second-order valence-electron chi connectivity index (χ2n) is 2.61. The predicted octanol–water partition coefficient (Wildman–Crippen LogP) is 0.0841. The number of carboxylic acids is 2. The number of hydrogen-bond donors (Lipinski definition) is 2. The number of hydrogen-bond acceptors (Lipinski definition) is 3. The van der Waals surface area contributed by atoms with Crippen LogP contribution in [0.25, 0.3) is 0 Å². The SMILES string of the molecule is O=C(O)CCCOCCCC(=O)O.[NaH]. The van der Waals surface area contributed by atoms with Crippen molar-refractivity contribution in [2.45, 2.75) is 25.7 Å². The zero-order valence-electron chi connectivity index (χ0n) is 7.36. The van der Waals surface area contributed by atoms with E-state index in [9.17, 15) is 9.59 Å². The number of ether oxygens (including phenoxy) is 1. The Morgan fingerprint density at radius 2 is 1.29 bits per heavy atom. The first-order chi connectivity index (χ1) is 6.13. The molecule has 0 saturated heterocycles. The van der Waals surface area contributed by atoms with Gasteiger partial charge < -0.3 is 14.9 Å². The molecule has 0 saturated carbocycles. The molecule has 0 amide bonds. The fourth-order valence-electron chi connectivity index (χ4n) is 0.753. The molecule has 0 aromatic rings. The molecule has 0 bridgehead atoms. The fourth-order valence-corrected chi connectivity index (χ4v) is 0.753. The molecule has 0 heterocycles. The van der Waals surface area contributed by atoms with Crippen molar-refractivity contribution >= 4 is 41.5 Å². The summed E-state index contributed by atoms with van der Waals surface area (Å²) in [5.74, 6) is -1.68. The van der Waals surface area contributed by atoms with Crippen LogP contribution in [-0.4, -0.2) is 64.9 Å². The zero-order valence-corrected chi connectivity index (χ0v) is 7.36. The van der Waals surface area contributed by atoms with Crippen LogP contribution in [0.2, 0.25) is 0 Å². The van der Waals surface area contributed by atoms with Crippen molar-refractivity contribution in [3.63, 3.8) is 0 Å². The summed E-state index contributed by atoms with van der Waals surface area (Å²) in [6.45, 7) is 0.762. The molecule has 14 heavy (non-hydrogen) atoms. The van der Waals surface area contributed by atoms with E-state index in [1.165, 1.54) is 0 Å². The molecule has 6 heteroatoms. The second kappa shape index (κ2) is 11.0. The summed E-state index contributed by atoms with van der Waals surface area (Å²) in [5.41, 5.74) is 0. The molecule has 2 N–H and O–H groups in total. The average Bonchev–Trinajstić information content (AvgIpc) is 2.01. The second-order valence-corrected chi connectivity index (χ2v) is 2.61. The van der Waals surface area contributed by atoms with E-state index in [0.717, 1.165) is 0 Å². The van der Waals surface area contributed by atoms with Crippen LogP contribution in [0.5, 0.6) is 0 Å². The Hall–Kier alpha value is -0.100. The summed E-state index contributed by atoms with van der Waals surface area (Å²) < 4.78 is 5.01. The third kappa shape index (κ3) is 14.4. The van der Waals surface area contributed by atoms with Crippen molar-refractivity contribution < 1.29 is 24.5 Å². The summed E-state index contributed by atoms with van der Waals surface area (Å²) >= 11 is 0. The van der Waals surface area contributed by atoms with Gasteiger partial charge in [-0.2, -0.15) is 0 Å². The Kier molecular flexibility index (Phi) is 12.8. The molecule has 0 atom stereocenters. The van der Waals surface area contributed by atoms with Gasteiger partial charge in [0.05, 0.1) is 0 Å². The summed E-state index contributed by atoms with van der Waals surface area (Å²) in [4.78, 5) is 20.1. The molecule has 0 aromatic heterocycles. The van der Waals surface area contributed by atoms with Crippen molar-refractivity contribution in [3.8, 4) is 0 Å². The fraction of sp³-hybridized carbons (Fsp3) is 0.750. The summed E-state index contributed by atoms with van der Waals surface area (Å²) in [6.07, 6.45) is 1.14. The average molecular weight is 214 g/mol. The van der Waals surface area contributed by atoms with Crippen LogP contribution >= 0.6 is 0 Å². The van der Waals surface area contributed by atoms with Gasteiger partial charge in [0, 0.05) is 26.1 Å². The first-order valence-corrected chi connectivity index (χ1v) is 4.14. The molecule has 0 aromatic carbocycles. The number of carboxylic acid groups (broad SMARTS) is 2. The first-order valence-electron chi connectivity index (χ1n) is 4.14. The zero-order chi connectivity index (χ0) is 10.1. The van der Waals surface area contributed by atoms with Crippen molar-refractivity contribution in [1.82, 2.24) is 0 Å². The van der Waals surface area contributed by atoms with Gasteiger partial charge in [-0.05, 0) is 12.8 Å². The van der Waals surface area contributed by atoms with Gasteiger partial charge >= 0.3 is 41.5 Å². The summed E-state index contributed by atoms with van der Waals surface area (Å²) in [7, 11) is 0. The van der Waals surface area contributed by atoms with E-state index in [1.54, 1.807) is 0 Å². The molecule has 78 valence electrons. The quantitative estimate of drug-likeness (QED) is 0.441. The van der Waals surface area contributed by atoms with Crippen molar-refractivity contribution in [2.24, 2.45) is 0 Å². The van der Waals surface area contributed by atoms with Crippen LogP contribution in [-0.2, 0) is 14.3 Å². The van der Waals surface area contributed by atoms with E-state index < -0.39 is 11.9 Å². The van der Waals surface area contributed by atoms with Gasteiger partial charge in [-0.15, -0.1) is 0 Å². The van der Waals surface area contributed by atoms with Crippen molar-refractivity contribution in [1.29, 1.82) is 0 Å². The Bertz CT molecular complexity index is 153. The summed E-state index contributed by atoms with van der Waals surface area (Å²) in [6, 6.07) is 0.